The van der Waals surface area contributed by atoms with Gasteiger partial charge in [-0.3, -0.25) is 0 Å². The first kappa shape index (κ1) is 10.5. The molecule has 0 spiro atoms. The van der Waals surface area contributed by atoms with Crippen molar-refractivity contribution in [3.05, 3.63) is 23.8 Å². The summed E-state index contributed by atoms with van der Waals surface area (Å²) < 4.78 is 10.7. The zero-order chi connectivity index (χ0) is 10.4. The highest BCUT2D eigenvalue weighted by molar-refractivity contribution is 5.49. The van der Waals surface area contributed by atoms with E-state index in [-0.39, 0.29) is 0 Å². The van der Waals surface area contributed by atoms with Crippen LogP contribution in [0.15, 0.2) is 18.2 Å². The average Bonchev–Trinajstić information content (AvgIpc) is 2.21. The highest BCUT2D eigenvalue weighted by Gasteiger charge is 2.02. The molecule has 0 radical (unpaired) electrons. The third-order valence-electron chi connectivity index (χ3n) is 1.72. The van der Waals surface area contributed by atoms with Gasteiger partial charge in [-0.25, -0.2) is 0 Å². The van der Waals surface area contributed by atoms with Crippen LogP contribution >= 0.6 is 0 Å². The summed E-state index contributed by atoms with van der Waals surface area (Å²) in [5.74, 6) is 4.09. The quantitative estimate of drug-likeness (QED) is 0.679. The Kier molecular flexibility index (Phi) is 3.87. The monoisotopic (exact) mass is 190 g/mol. The Morgan fingerprint density at radius 3 is 2.50 bits per heavy atom. The van der Waals surface area contributed by atoms with E-state index < -0.39 is 0 Å². The van der Waals surface area contributed by atoms with Crippen molar-refractivity contribution in [2.75, 3.05) is 13.2 Å². The molecule has 0 fully saturated rings. The minimum atomic E-state index is 0.614. The molecule has 0 aliphatic heterocycles. The van der Waals surface area contributed by atoms with E-state index in [0.717, 1.165) is 17.1 Å². The first-order valence-corrected chi connectivity index (χ1v) is 4.68. The first-order chi connectivity index (χ1) is 6.81. The Balaban J connectivity index is 2.94. The van der Waals surface area contributed by atoms with Gasteiger partial charge in [0.2, 0.25) is 0 Å². The molecule has 2 nitrogen and oxygen atoms in total. The van der Waals surface area contributed by atoms with E-state index in [4.69, 9.17) is 15.9 Å². The molecule has 0 saturated carbocycles. The molecule has 0 unspecified atom stereocenters. The van der Waals surface area contributed by atoms with Crippen LogP contribution in [0.2, 0.25) is 0 Å². The van der Waals surface area contributed by atoms with Crippen LogP contribution in [-0.2, 0) is 0 Å². The molecule has 0 aromatic heterocycles. The maximum absolute atomic E-state index is 5.36. The van der Waals surface area contributed by atoms with E-state index in [9.17, 15) is 0 Å². The van der Waals surface area contributed by atoms with E-state index in [1.807, 2.05) is 32.0 Å². The average molecular weight is 190 g/mol. The number of hydrogen-bond acceptors (Lipinski definition) is 2. The van der Waals surface area contributed by atoms with Gasteiger partial charge in [0.05, 0.1) is 18.8 Å². The van der Waals surface area contributed by atoms with Crippen LogP contribution in [0.25, 0.3) is 0 Å². The molecule has 0 N–H and O–H groups in total. The molecule has 0 aliphatic rings. The lowest BCUT2D eigenvalue weighted by Gasteiger charge is -2.08. The van der Waals surface area contributed by atoms with Gasteiger partial charge in [-0.1, -0.05) is 5.92 Å². The van der Waals surface area contributed by atoms with Crippen molar-refractivity contribution in [1.82, 2.24) is 0 Å². The Hall–Kier alpha value is -1.62. The molecule has 0 aliphatic carbocycles. The van der Waals surface area contributed by atoms with Gasteiger partial charge in [0, 0.05) is 0 Å². The summed E-state index contributed by atoms with van der Waals surface area (Å²) in [5, 5.41) is 0. The summed E-state index contributed by atoms with van der Waals surface area (Å²) in [6, 6.07) is 5.51. The third kappa shape index (κ3) is 2.43. The molecule has 74 valence electrons. The van der Waals surface area contributed by atoms with Gasteiger partial charge < -0.3 is 9.47 Å². The Labute approximate surface area is 84.8 Å². The molecule has 1 aromatic rings. The summed E-state index contributed by atoms with van der Waals surface area (Å²) in [4.78, 5) is 0. The van der Waals surface area contributed by atoms with Crippen LogP contribution in [0.1, 0.15) is 19.4 Å². The van der Waals surface area contributed by atoms with E-state index in [1.54, 1.807) is 0 Å². The fourth-order valence-electron chi connectivity index (χ4n) is 1.16. The SMILES string of the molecule is C#Cc1cc(OCC)ccc1OCC. The molecule has 0 heterocycles. The van der Waals surface area contributed by atoms with Crippen molar-refractivity contribution in [2.24, 2.45) is 0 Å². The Morgan fingerprint density at radius 2 is 1.93 bits per heavy atom. The molecule has 0 bridgehead atoms. The number of hydrogen-bond donors (Lipinski definition) is 0. The van der Waals surface area contributed by atoms with Crippen molar-refractivity contribution < 1.29 is 9.47 Å². The highest BCUT2D eigenvalue weighted by atomic mass is 16.5. The van der Waals surface area contributed by atoms with Gasteiger partial charge in [-0.05, 0) is 32.0 Å². The minimum Gasteiger partial charge on any atom is -0.494 e. The van der Waals surface area contributed by atoms with Crippen molar-refractivity contribution in [1.29, 1.82) is 0 Å². The summed E-state index contributed by atoms with van der Waals surface area (Å²) in [6.07, 6.45) is 5.36. The lowest BCUT2D eigenvalue weighted by molar-refractivity contribution is 0.330. The van der Waals surface area contributed by atoms with Gasteiger partial charge in [0.15, 0.2) is 0 Å². The summed E-state index contributed by atoms with van der Waals surface area (Å²) in [5.41, 5.74) is 0.734. The number of rotatable bonds is 4. The topological polar surface area (TPSA) is 18.5 Å². The Bertz CT molecular complexity index is 337. The largest absolute Gasteiger partial charge is 0.494 e. The van der Waals surface area contributed by atoms with Gasteiger partial charge in [-0.2, -0.15) is 0 Å². The lowest BCUT2D eigenvalue weighted by atomic mass is 10.2. The van der Waals surface area contributed by atoms with Crippen molar-refractivity contribution in [3.63, 3.8) is 0 Å². The van der Waals surface area contributed by atoms with E-state index >= 15 is 0 Å². The van der Waals surface area contributed by atoms with Crippen LogP contribution in [0.3, 0.4) is 0 Å². The summed E-state index contributed by atoms with van der Waals surface area (Å²) >= 11 is 0. The van der Waals surface area contributed by atoms with E-state index in [2.05, 4.69) is 5.92 Å². The normalized spacial score (nSPS) is 9.21. The second-order valence-electron chi connectivity index (χ2n) is 2.67. The molecular weight excluding hydrogens is 176 g/mol. The second-order valence-corrected chi connectivity index (χ2v) is 2.67. The van der Waals surface area contributed by atoms with Gasteiger partial charge in [0.1, 0.15) is 11.5 Å². The standard InChI is InChI=1S/C12H14O2/c1-4-10-9-11(13-5-2)7-8-12(10)14-6-3/h1,7-9H,5-6H2,2-3H3. The Morgan fingerprint density at radius 1 is 1.21 bits per heavy atom. The minimum absolute atomic E-state index is 0.614. The summed E-state index contributed by atoms with van der Waals surface area (Å²) in [7, 11) is 0. The maximum Gasteiger partial charge on any atom is 0.135 e. The van der Waals surface area contributed by atoms with E-state index in [0.29, 0.717) is 13.2 Å². The van der Waals surface area contributed by atoms with Gasteiger partial charge in [-0.15, -0.1) is 6.42 Å². The number of terminal acetylenes is 1. The summed E-state index contributed by atoms with van der Waals surface area (Å²) in [6.45, 7) is 5.11. The number of benzene rings is 1. The molecule has 0 atom stereocenters. The van der Waals surface area contributed by atoms with Crippen molar-refractivity contribution in [2.45, 2.75) is 13.8 Å². The van der Waals surface area contributed by atoms with Crippen molar-refractivity contribution in [3.8, 4) is 23.8 Å². The third-order valence-corrected chi connectivity index (χ3v) is 1.72. The van der Waals surface area contributed by atoms with Crippen LogP contribution in [0, 0.1) is 12.3 Å². The van der Waals surface area contributed by atoms with Gasteiger partial charge in [0.25, 0.3) is 0 Å². The zero-order valence-electron chi connectivity index (χ0n) is 8.54. The van der Waals surface area contributed by atoms with Crippen LogP contribution in [-0.4, -0.2) is 13.2 Å². The molecule has 2 heteroatoms. The zero-order valence-corrected chi connectivity index (χ0v) is 8.54. The molecular formula is C12H14O2. The van der Waals surface area contributed by atoms with Gasteiger partial charge >= 0.3 is 0 Å². The smallest absolute Gasteiger partial charge is 0.135 e. The molecule has 14 heavy (non-hydrogen) atoms. The molecule has 1 rings (SSSR count). The van der Waals surface area contributed by atoms with Crippen LogP contribution in [0.4, 0.5) is 0 Å². The molecule has 0 saturated heterocycles. The fraction of sp³-hybridized carbons (Fsp3) is 0.333. The van der Waals surface area contributed by atoms with E-state index in [1.165, 1.54) is 0 Å². The van der Waals surface area contributed by atoms with Crippen LogP contribution < -0.4 is 9.47 Å². The number of ether oxygens (including phenoxy) is 2. The lowest BCUT2D eigenvalue weighted by Crippen LogP contribution is -1.96. The van der Waals surface area contributed by atoms with Crippen molar-refractivity contribution >= 4 is 0 Å². The molecule has 1 aromatic carbocycles. The van der Waals surface area contributed by atoms with Crippen LogP contribution in [0.5, 0.6) is 11.5 Å². The predicted molar refractivity (Wildman–Crippen MR) is 56.7 cm³/mol. The highest BCUT2D eigenvalue weighted by Crippen LogP contribution is 2.23. The predicted octanol–water partition coefficient (Wildman–Crippen LogP) is 2.47. The second kappa shape index (κ2) is 5.18. The maximum atomic E-state index is 5.36. The fourth-order valence-corrected chi connectivity index (χ4v) is 1.16. The first-order valence-electron chi connectivity index (χ1n) is 4.68. The molecule has 0 amide bonds.